The van der Waals surface area contributed by atoms with Crippen LogP contribution in [0.15, 0.2) is 39.6 Å². The van der Waals surface area contributed by atoms with Gasteiger partial charge in [-0.15, -0.1) is 0 Å². The molecular weight excluding hydrogens is 312 g/mol. The molecule has 2 aromatic rings. The van der Waals surface area contributed by atoms with Gasteiger partial charge in [-0.25, -0.2) is 4.79 Å². The Morgan fingerprint density at radius 1 is 1.12 bits per heavy atom. The lowest BCUT2D eigenvalue weighted by molar-refractivity contribution is 0.0519. The van der Waals surface area contributed by atoms with E-state index in [1.54, 1.807) is 30.0 Å². The Labute approximate surface area is 139 Å². The van der Waals surface area contributed by atoms with Crippen LogP contribution >= 0.6 is 0 Å². The lowest BCUT2D eigenvalue weighted by Crippen LogP contribution is -2.48. The highest BCUT2D eigenvalue weighted by molar-refractivity contribution is 5.91. The topological polar surface area (TPSA) is 76.1 Å². The average molecular weight is 332 g/mol. The van der Waals surface area contributed by atoms with Gasteiger partial charge in [0.2, 0.25) is 0 Å². The molecule has 0 aromatic carbocycles. The Morgan fingerprint density at radius 3 is 2.58 bits per heavy atom. The molecule has 0 radical (unpaired) electrons. The summed E-state index contributed by atoms with van der Waals surface area (Å²) in [5.41, 5.74) is 0.464. The summed E-state index contributed by atoms with van der Waals surface area (Å²) in [6.45, 7) is 5.24. The zero-order valence-corrected chi connectivity index (χ0v) is 13.6. The quantitative estimate of drug-likeness (QED) is 0.780. The molecular formula is C17H20N2O5. The van der Waals surface area contributed by atoms with Crippen molar-refractivity contribution < 1.29 is 23.2 Å². The molecule has 128 valence electrons. The number of hydrogen-bond donors (Lipinski definition) is 0. The van der Waals surface area contributed by atoms with Crippen LogP contribution in [0.5, 0.6) is 0 Å². The number of carbonyl (C=O) groups is 2. The molecule has 0 aliphatic carbocycles. The van der Waals surface area contributed by atoms with Gasteiger partial charge < -0.3 is 18.5 Å². The third-order valence-corrected chi connectivity index (χ3v) is 4.00. The smallest absolute Gasteiger partial charge is 0.341 e. The second kappa shape index (κ2) is 7.35. The lowest BCUT2D eigenvalue weighted by atomic mass is 10.2. The first-order chi connectivity index (χ1) is 11.7. The Morgan fingerprint density at radius 2 is 1.92 bits per heavy atom. The van der Waals surface area contributed by atoms with Crippen molar-refractivity contribution in [2.24, 2.45) is 0 Å². The van der Waals surface area contributed by atoms with Crippen LogP contribution in [0.3, 0.4) is 0 Å². The number of piperazine rings is 1. The van der Waals surface area contributed by atoms with Crippen molar-refractivity contribution in [2.45, 2.75) is 13.5 Å². The molecule has 1 aliphatic rings. The van der Waals surface area contributed by atoms with Crippen molar-refractivity contribution in [1.29, 1.82) is 0 Å². The maximum Gasteiger partial charge on any atom is 0.341 e. The largest absolute Gasteiger partial charge is 0.467 e. The maximum atomic E-state index is 12.2. The summed E-state index contributed by atoms with van der Waals surface area (Å²) in [6.07, 6.45) is 3.00. The van der Waals surface area contributed by atoms with Gasteiger partial charge in [0.25, 0.3) is 5.91 Å². The lowest BCUT2D eigenvalue weighted by Gasteiger charge is -2.33. The highest BCUT2D eigenvalue weighted by Gasteiger charge is 2.25. The van der Waals surface area contributed by atoms with Crippen molar-refractivity contribution in [3.63, 3.8) is 0 Å². The van der Waals surface area contributed by atoms with Crippen LogP contribution in [-0.4, -0.2) is 54.5 Å². The molecule has 3 rings (SSSR count). The third kappa shape index (κ3) is 3.51. The fourth-order valence-corrected chi connectivity index (χ4v) is 2.72. The van der Waals surface area contributed by atoms with Gasteiger partial charge in [0.05, 0.1) is 25.7 Å². The van der Waals surface area contributed by atoms with Crippen LogP contribution in [0.4, 0.5) is 0 Å². The molecule has 7 nitrogen and oxygen atoms in total. The van der Waals surface area contributed by atoms with E-state index in [2.05, 4.69) is 4.90 Å². The zero-order valence-electron chi connectivity index (χ0n) is 13.6. The van der Waals surface area contributed by atoms with Gasteiger partial charge in [0.1, 0.15) is 11.3 Å². The van der Waals surface area contributed by atoms with Gasteiger partial charge in [-0.2, -0.15) is 0 Å². The standard InChI is InChI=1S/C17H20N2O5/c1-2-22-17(21)13-5-11-24-15(13)12-18-6-8-19(9-7-18)16(20)14-4-3-10-23-14/h3-5,10-11H,2,6-9,12H2,1H3. The second-order valence-corrected chi connectivity index (χ2v) is 5.52. The van der Waals surface area contributed by atoms with Crippen LogP contribution in [0.2, 0.25) is 0 Å². The van der Waals surface area contributed by atoms with Crippen molar-refractivity contribution in [2.75, 3.05) is 32.8 Å². The molecule has 0 atom stereocenters. The number of furan rings is 2. The van der Waals surface area contributed by atoms with E-state index in [1.807, 2.05) is 0 Å². The fraction of sp³-hybridized carbons (Fsp3) is 0.412. The minimum Gasteiger partial charge on any atom is -0.467 e. The number of hydrogen-bond acceptors (Lipinski definition) is 6. The molecule has 0 saturated carbocycles. The number of ether oxygens (including phenoxy) is 1. The van der Waals surface area contributed by atoms with Gasteiger partial charge in [0.15, 0.2) is 5.76 Å². The second-order valence-electron chi connectivity index (χ2n) is 5.52. The predicted molar refractivity (Wildman–Crippen MR) is 84.6 cm³/mol. The average Bonchev–Trinajstić information content (AvgIpc) is 3.27. The van der Waals surface area contributed by atoms with Crippen LogP contribution < -0.4 is 0 Å². The summed E-state index contributed by atoms with van der Waals surface area (Å²) < 4.78 is 15.6. The van der Waals surface area contributed by atoms with Crippen LogP contribution in [0.25, 0.3) is 0 Å². The molecule has 1 fully saturated rings. The highest BCUT2D eigenvalue weighted by atomic mass is 16.5. The summed E-state index contributed by atoms with van der Waals surface area (Å²) >= 11 is 0. The summed E-state index contributed by atoms with van der Waals surface area (Å²) in [5.74, 6) is 0.496. The van der Waals surface area contributed by atoms with Crippen molar-refractivity contribution >= 4 is 11.9 Å². The van der Waals surface area contributed by atoms with E-state index in [-0.39, 0.29) is 11.9 Å². The molecule has 3 heterocycles. The summed E-state index contributed by atoms with van der Waals surface area (Å²) in [6, 6.07) is 5.00. The van der Waals surface area contributed by atoms with Crippen molar-refractivity contribution in [3.8, 4) is 0 Å². The van der Waals surface area contributed by atoms with Crippen LogP contribution in [0, 0.1) is 0 Å². The first-order valence-corrected chi connectivity index (χ1v) is 7.97. The highest BCUT2D eigenvalue weighted by Crippen LogP contribution is 2.17. The van der Waals surface area contributed by atoms with E-state index in [0.717, 1.165) is 0 Å². The summed E-state index contributed by atoms with van der Waals surface area (Å²) in [7, 11) is 0. The van der Waals surface area contributed by atoms with Crippen LogP contribution in [0.1, 0.15) is 33.6 Å². The SMILES string of the molecule is CCOC(=O)c1ccoc1CN1CCN(C(=O)c2ccco2)CC1. The van der Waals surface area contributed by atoms with Crippen molar-refractivity contribution in [3.05, 3.63) is 47.8 Å². The zero-order chi connectivity index (χ0) is 16.9. The molecule has 2 aromatic heterocycles. The maximum absolute atomic E-state index is 12.2. The molecule has 0 N–H and O–H groups in total. The van der Waals surface area contributed by atoms with Crippen LogP contribution in [-0.2, 0) is 11.3 Å². The number of carbonyl (C=O) groups excluding carboxylic acids is 2. The van der Waals surface area contributed by atoms with Gasteiger partial charge in [-0.1, -0.05) is 0 Å². The summed E-state index contributed by atoms with van der Waals surface area (Å²) in [4.78, 5) is 28.0. The molecule has 0 bridgehead atoms. The Bertz CT molecular complexity index is 684. The van der Waals surface area contributed by atoms with Gasteiger partial charge in [-0.3, -0.25) is 9.69 Å². The minimum absolute atomic E-state index is 0.0927. The third-order valence-electron chi connectivity index (χ3n) is 4.00. The minimum atomic E-state index is -0.368. The van der Waals surface area contributed by atoms with Crippen molar-refractivity contribution in [1.82, 2.24) is 9.80 Å². The number of nitrogens with zero attached hydrogens (tertiary/aromatic N) is 2. The van der Waals surface area contributed by atoms with E-state index in [4.69, 9.17) is 13.6 Å². The molecule has 0 unspecified atom stereocenters. The molecule has 0 spiro atoms. The van der Waals surface area contributed by atoms with E-state index in [0.29, 0.717) is 56.4 Å². The van der Waals surface area contributed by atoms with E-state index in [1.165, 1.54) is 12.5 Å². The predicted octanol–water partition coefficient (Wildman–Crippen LogP) is 2.01. The molecule has 7 heteroatoms. The number of amides is 1. The molecule has 24 heavy (non-hydrogen) atoms. The molecule has 1 aliphatic heterocycles. The Kier molecular flexibility index (Phi) is 5.00. The van der Waals surface area contributed by atoms with E-state index >= 15 is 0 Å². The molecule has 1 amide bonds. The van der Waals surface area contributed by atoms with Gasteiger partial charge >= 0.3 is 5.97 Å². The van der Waals surface area contributed by atoms with Gasteiger partial charge in [-0.05, 0) is 25.1 Å². The van der Waals surface area contributed by atoms with Gasteiger partial charge in [0, 0.05) is 26.2 Å². The summed E-state index contributed by atoms with van der Waals surface area (Å²) in [5, 5.41) is 0. The van der Waals surface area contributed by atoms with E-state index < -0.39 is 0 Å². The fourth-order valence-electron chi connectivity index (χ4n) is 2.72. The first kappa shape index (κ1) is 16.3. The number of rotatable bonds is 5. The Hall–Kier alpha value is -2.54. The normalized spacial score (nSPS) is 15.5. The number of esters is 1. The Balaban J connectivity index is 1.55. The van der Waals surface area contributed by atoms with E-state index in [9.17, 15) is 9.59 Å². The molecule has 1 saturated heterocycles. The first-order valence-electron chi connectivity index (χ1n) is 7.97. The monoisotopic (exact) mass is 332 g/mol.